The van der Waals surface area contributed by atoms with Crippen molar-refractivity contribution in [2.24, 2.45) is 5.73 Å². The van der Waals surface area contributed by atoms with Crippen LogP contribution in [0.2, 0.25) is 0 Å². The Labute approximate surface area is 240 Å². The maximum Gasteiger partial charge on any atom is 0.416 e. The van der Waals surface area contributed by atoms with Crippen LogP contribution < -0.4 is 15.8 Å². The number of imidazole rings is 1. The number of allylic oxidation sites excluding steroid dienone is 2. The van der Waals surface area contributed by atoms with Crippen LogP contribution in [-0.4, -0.2) is 15.5 Å². The number of halogens is 3. The SMILES string of the molecule is NC(Cn1c(-c2ccccc2Oc2ccccc2)nc2cc(C(=O)NCc3cccc(C(F)(F)F)c3)ccc21)=C1CC1. The lowest BCUT2D eigenvalue weighted by atomic mass is 10.1. The Kier molecular flexibility index (Phi) is 7.16. The summed E-state index contributed by atoms with van der Waals surface area (Å²) in [6, 6.07) is 27.1. The maximum atomic E-state index is 13.1. The fourth-order valence-electron chi connectivity index (χ4n) is 4.80. The van der Waals surface area contributed by atoms with Crippen LogP contribution in [0.25, 0.3) is 22.4 Å². The number of nitrogens with zero attached hydrogens (tertiary/aromatic N) is 2. The normalized spacial score (nSPS) is 12.8. The van der Waals surface area contributed by atoms with E-state index in [1.807, 2.05) is 65.2 Å². The van der Waals surface area contributed by atoms with Crippen LogP contribution in [0, 0.1) is 0 Å². The average molecular weight is 569 g/mol. The van der Waals surface area contributed by atoms with Gasteiger partial charge >= 0.3 is 6.18 Å². The fourth-order valence-corrected chi connectivity index (χ4v) is 4.80. The zero-order valence-corrected chi connectivity index (χ0v) is 22.5. The molecule has 0 atom stereocenters. The molecule has 0 unspecified atom stereocenters. The van der Waals surface area contributed by atoms with Gasteiger partial charge in [-0.15, -0.1) is 0 Å². The first-order chi connectivity index (χ1) is 20.3. The van der Waals surface area contributed by atoms with E-state index in [0.717, 1.165) is 41.8 Å². The minimum Gasteiger partial charge on any atom is -0.457 e. The van der Waals surface area contributed by atoms with Gasteiger partial charge in [-0.2, -0.15) is 13.2 Å². The molecule has 4 aromatic carbocycles. The highest BCUT2D eigenvalue weighted by Gasteiger charge is 2.30. The Hall–Kier alpha value is -5.05. The lowest BCUT2D eigenvalue weighted by Gasteiger charge is -2.14. The summed E-state index contributed by atoms with van der Waals surface area (Å²) >= 11 is 0. The van der Waals surface area contributed by atoms with Crippen molar-refractivity contribution < 1.29 is 22.7 Å². The van der Waals surface area contributed by atoms with Gasteiger partial charge in [-0.05, 0) is 78.6 Å². The van der Waals surface area contributed by atoms with Gasteiger partial charge in [-0.3, -0.25) is 4.79 Å². The van der Waals surface area contributed by atoms with E-state index in [-0.39, 0.29) is 6.54 Å². The van der Waals surface area contributed by atoms with Gasteiger partial charge in [-0.1, -0.05) is 42.5 Å². The number of aromatic nitrogens is 2. The number of ether oxygens (including phenoxy) is 1. The van der Waals surface area contributed by atoms with Crippen molar-refractivity contribution in [2.45, 2.75) is 32.1 Å². The van der Waals surface area contributed by atoms with Gasteiger partial charge in [0.2, 0.25) is 0 Å². The Morgan fingerprint density at radius 2 is 1.69 bits per heavy atom. The van der Waals surface area contributed by atoms with Gasteiger partial charge in [-0.25, -0.2) is 4.98 Å². The molecule has 6 rings (SSSR count). The summed E-state index contributed by atoms with van der Waals surface area (Å²) in [5.41, 5.74) is 10.5. The molecule has 6 nitrogen and oxygen atoms in total. The minimum atomic E-state index is -4.45. The molecular weight excluding hydrogens is 541 g/mol. The highest BCUT2D eigenvalue weighted by molar-refractivity contribution is 5.98. The summed E-state index contributed by atoms with van der Waals surface area (Å²) in [7, 11) is 0. The van der Waals surface area contributed by atoms with Crippen LogP contribution >= 0.6 is 0 Å². The molecule has 1 saturated carbocycles. The molecule has 1 heterocycles. The van der Waals surface area contributed by atoms with Crippen molar-refractivity contribution in [1.82, 2.24) is 14.9 Å². The second kappa shape index (κ2) is 11.1. The molecule has 0 radical (unpaired) electrons. The summed E-state index contributed by atoms with van der Waals surface area (Å²) in [4.78, 5) is 17.9. The van der Waals surface area contributed by atoms with Crippen molar-refractivity contribution in [3.05, 3.63) is 125 Å². The van der Waals surface area contributed by atoms with Crippen molar-refractivity contribution in [2.75, 3.05) is 0 Å². The van der Waals surface area contributed by atoms with Crippen LogP contribution in [0.1, 0.15) is 34.3 Å². The standard InChI is InChI=1S/C33H27F3N4O2/c34-33(35,36)24-8-6-7-21(17-24)19-38-32(41)23-15-16-29-28(18-23)39-31(40(29)20-27(37)22-13-14-22)26-11-4-5-12-30(26)42-25-9-2-1-3-10-25/h1-12,15-18H,13-14,19-20,37H2,(H,38,41). The van der Waals surface area contributed by atoms with E-state index in [9.17, 15) is 18.0 Å². The van der Waals surface area contributed by atoms with Crippen molar-refractivity contribution in [3.63, 3.8) is 0 Å². The minimum absolute atomic E-state index is 0.0468. The molecule has 1 aromatic heterocycles. The van der Waals surface area contributed by atoms with E-state index in [1.54, 1.807) is 18.2 Å². The number of para-hydroxylation sites is 2. The summed E-state index contributed by atoms with van der Waals surface area (Å²) < 4.78 is 47.5. The van der Waals surface area contributed by atoms with Gasteiger partial charge < -0.3 is 20.4 Å². The Balaban J connectivity index is 1.33. The number of amides is 1. The van der Waals surface area contributed by atoms with Crippen molar-refractivity contribution in [1.29, 1.82) is 0 Å². The smallest absolute Gasteiger partial charge is 0.416 e. The van der Waals surface area contributed by atoms with Gasteiger partial charge in [0.05, 0.1) is 28.7 Å². The number of hydrogen-bond donors (Lipinski definition) is 2. The van der Waals surface area contributed by atoms with Crippen molar-refractivity contribution in [3.8, 4) is 22.9 Å². The second-order valence-corrected chi connectivity index (χ2v) is 10.1. The van der Waals surface area contributed by atoms with E-state index in [0.29, 0.717) is 40.5 Å². The zero-order valence-electron chi connectivity index (χ0n) is 22.5. The molecule has 1 aliphatic rings. The van der Waals surface area contributed by atoms with E-state index >= 15 is 0 Å². The third-order valence-corrected chi connectivity index (χ3v) is 7.10. The summed E-state index contributed by atoms with van der Waals surface area (Å²) in [6.45, 7) is 0.386. The number of carbonyl (C=O) groups excluding carboxylic acids is 1. The molecule has 1 aliphatic carbocycles. The van der Waals surface area contributed by atoms with Crippen LogP contribution in [0.4, 0.5) is 13.2 Å². The summed E-state index contributed by atoms with van der Waals surface area (Å²) in [5.74, 6) is 1.53. The van der Waals surface area contributed by atoms with Crippen LogP contribution in [0.5, 0.6) is 11.5 Å². The first-order valence-electron chi connectivity index (χ1n) is 13.5. The fraction of sp³-hybridized carbons (Fsp3) is 0.152. The average Bonchev–Trinajstić information content (AvgIpc) is 3.79. The molecule has 1 fully saturated rings. The second-order valence-electron chi connectivity index (χ2n) is 10.1. The van der Waals surface area contributed by atoms with Gasteiger partial charge in [0.1, 0.15) is 17.3 Å². The molecule has 9 heteroatoms. The largest absolute Gasteiger partial charge is 0.457 e. The maximum absolute atomic E-state index is 13.1. The monoisotopic (exact) mass is 568 g/mol. The number of rotatable bonds is 8. The molecule has 0 aliphatic heterocycles. The van der Waals surface area contributed by atoms with E-state index in [4.69, 9.17) is 15.5 Å². The predicted molar refractivity (Wildman–Crippen MR) is 155 cm³/mol. The van der Waals surface area contributed by atoms with Gasteiger partial charge in [0.15, 0.2) is 0 Å². The number of hydrogen-bond acceptors (Lipinski definition) is 4. The highest BCUT2D eigenvalue weighted by atomic mass is 19.4. The van der Waals surface area contributed by atoms with Gasteiger partial charge in [0.25, 0.3) is 5.91 Å². The molecule has 0 bridgehead atoms. The highest BCUT2D eigenvalue weighted by Crippen LogP contribution is 2.37. The van der Waals surface area contributed by atoms with E-state index < -0.39 is 17.6 Å². The first kappa shape index (κ1) is 27.1. The number of carbonyl (C=O) groups is 1. The number of fused-ring (bicyclic) bond motifs is 1. The van der Waals surface area contributed by atoms with E-state index in [1.165, 1.54) is 11.6 Å². The Morgan fingerprint density at radius 1 is 0.929 bits per heavy atom. The zero-order chi connectivity index (χ0) is 29.3. The summed E-state index contributed by atoms with van der Waals surface area (Å²) in [6.07, 6.45) is -2.49. The van der Waals surface area contributed by atoms with Crippen LogP contribution in [-0.2, 0) is 19.3 Å². The molecule has 0 saturated heterocycles. The molecule has 212 valence electrons. The van der Waals surface area contributed by atoms with Gasteiger partial charge in [0, 0.05) is 17.8 Å². The summed E-state index contributed by atoms with van der Waals surface area (Å²) in [5, 5.41) is 2.72. The lowest BCUT2D eigenvalue weighted by molar-refractivity contribution is -0.137. The van der Waals surface area contributed by atoms with Crippen LogP contribution in [0.3, 0.4) is 0 Å². The number of benzene rings is 4. The topological polar surface area (TPSA) is 82.2 Å². The van der Waals surface area contributed by atoms with Crippen molar-refractivity contribution >= 4 is 16.9 Å². The number of alkyl halides is 3. The Morgan fingerprint density at radius 3 is 2.45 bits per heavy atom. The van der Waals surface area contributed by atoms with E-state index in [2.05, 4.69) is 5.32 Å². The predicted octanol–water partition coefficient (Wildman–Crippen LogP) is 7.45. The Bertz CT molecular complexity index is 1800. The third-order valence-electron chi connectivity index (χ3n) is 7.10. The molecular formula is C33H27F3N4O2. The molecule has 5 aromatic rings. The molecule has 1 amide bonds. The van der Waals surface area contributed by atoms with Crippen LogP contribution in [0.15, 0.2) is 108 Å². The lowest BCUT2D eigenvalue weighted by Crippen LogP contribution is -2.23. The number of nitrogens with one attached hydrogen (secondary N) is 1. The molecule has 0 spiro atoms. The molecule has 3 N–H and O–H groups in total. The first-order valence-corrected chi connectivity index (χ1v) is 13.5. The number of nitrogens with two attached hydrogens (primary N) is 1. The quantitative estimate of drug-likeness (QED) is 0.204. The third kappa shape index (κ3) is 5.85. The molecule has 42 heavy (non-hydrogen) atoms.